The standard InChI is InChI=1S/C17H15Cl2F3N2O/c18-12-3-1-2-11(8-12)6-7-23-16(25)10-24-13-4-5-15(19)14(9-13)17(20,21)22/h1-5,8-9,24H,6-7,10H2,(H,23,25). The molecule has 3 nitrogen and oxygen atoms in total. The molecule has 0 fully saturated rings. The van der Waals surface area contributed by atoms with E-state index < -0.39 is 11.7 Å². The van der Waals surface area contributed by atoms with E-state index in [4.69, 9.17) is 23.2 Å². The molecule has 2 aromatic carbocycles. The molecule has 8 heteroatoms. The first kappa shape index (κ1) is 19.4. The van der Waals surface area contributed by atoms with E-state index in [1.165, 1.54) is 6.07 Å². The first-order chi connectivity index (χ1) is 11.8. The van der Waals surface area contributed by atoms with Crippen molar-refractivity contribution in [2.45, 2.75) is 12.6 Å². The molecule has 0 atom stereocenters. The topological polar surface area (TPSA) is 41.1 Å². The van der Waals surface area contributed by atoms with Crippen LogP contribution in [0.15, 0.2) is 42.5 Å². The van der Waals surface area contributed by atoms with E-state index in [2.05, 4.69) is 10.6 Å². The van der Waals surface area contributed by atoms with Crippen molar-refractivity contribution in [3.05, 3.63) is 63.6 Å². The fraction of sp³-hybridized carbons (Fsp3) is 0.235. The molecule has 2 aromatic rings. The number of alkyl halides is 3. The average molecular weight is 391 g/mol. The van der Waals surface area contributed by atoms with Crippen LogP contribution in [0.4, 0.5) is 18.9 Å². The van der Waals surface area contributed by atoms with Crippen LogP contribution in [-0.2, 0) is 17.4 Å². The van der Waals surface area contributed by atoms with E-state index in [0.29, 0.717) is 18.0 Å². The van der Waals surface area contributed by atoms with Crippen LogP contribution in [0.1, 0.15) is 11.1 Å². The lowest BCUT2D eigenvalue weighted by molar-refractivity contribution is -0.137. The molecule has 1 amide bonds. The summed E-state index contributed by atoms with van der Waals surface area (Å²) < 4.78 is 38.3. The van der Waals surface area contributed by atoms with Crippen molar-refractivity contribution in [2.75, 3.05) is 18.4 Å². The van der Waals surface area contributed by atoms with Crippen molar-refractivity contribution in [3.63, 3.8) is 0 Å². The number of benzene rings is 2. The molecular weight excluding hydrogens is 376 g/mol. The predicted octanol–water partition coefficient (Wildman–Crippen LogP) is 4.78. The zero-order valence-electron chi connectivity index (χ0n) is 13.0. The third kappa shape index (κ3) is 6.14. The molecule has 0 aliphatic carbocycles. The highest BCUT2D eigenvalue weighted by molar-refractivity contribution is 6.31. The molecule has 0 bridgehead atoms. The Morgan fingerprint density at radius 1 is 1.08 bits per heavy atom. The molecule has 0 unspecified atom stereocenters. The van der Waals surface area contributed by atoms with Crippen LogP contribution in [0, 0.1) is 0 Å². The third-order valence-corrected chi connectivity index (χ3v) is 3.91. The molecule has 2 N–H and O–H groups in total. The minimum Gasteiger partial charge on any atom is -0.376 e. The van der Waals surface area contributed by atoms with E-state index in [1.807, 2.05) is 12.1 Å². The molecule has 2 rings (SSSR count). The van der Waals surface area contributed by atoms with Crippen molar-refractivity contribution in [1.82, 2.24) is 5.32 Å². The van der Waals surface area contributed by atoms with Crippen LogP contribution in [0.2, 0.25) is 10.0 Å². The number of carbonyl (C=O) groups excluding carboxylic acids is 1. The fourth-order valence-electron chi connectivity index (χ4n) is 2.14. The molecule has 134 valence electrons. The van der Waals surface area contributed by atoms with E-state index in [0.717, 1.165) is 17.7 Å². The van der Waals surface area contributed by atoms with Gasteiger partial charge in [-0.05, 0) is 42.3 Å². The molecular formula is C17H15Cl2F3N2O. The predicted molar refractivity (Wildman–Crippen MR) is 93.1 cm³/mol. The molecule has 0 aliphatic heterocycles. The number of nitrogens with one attached hydrogen (secondary N) is 2. The van der Waals surface area contributed by atoms with E-state index in [1.54, 1.807) is 12.1 Å². The smallest absolute Gasteiger partial charge is 0.376 e. The van der Waals surface area contributed by atoms with E-state index in [9.17, 15) is 18.0 Å². The van der Waals surface area contributed by atoms with E-state index in [-0.39, 0.29) is 23.2 Å². The summed E-state index contributed by atoms with van der Waals surface area (Å²) in [4.78, 5) is 11.8. The zero-order chi connectivity index (χ0) is 18.4. The van der Waals surface area contributed by atoms with Gasteiger partial charge in [-0.25, -0.2) is 0 Å². The number of hydrogen-bond acceptors (Lipinski definition) is 2. The number of rotatable bonds is 6. The Bertz CT molecular complexity index is 751. The van der Waals surface area contributed by atoms with Crippen molar-refractivity contribution >= 4 is 34.8 Å². The second kappa shape index (κ2) is 8.45. The van der Waals surface area contributed by atoms with Gasteiger partial charge in [-0.3, -0.25) is 4.79 Å². The van der Waals surface area contributed by atoms with Crippen LogP contribution >= 0.6 is 23.2 Å². The van der Waals surface area contributed by atoms with Gasteiger partial charge < -0.3 is 10.6 Å². The molecule has 0 heterocycles. The van der Waals surface area contributed by atoms with Crippen LogP contribution in [0.25, 0.3) is 0 Å². The van der Waals surface area contributed by atoms with Gasteiger partial charge >= 0.3 is 6.18 Å². The molecule has 0 saturated carbocycles. The highest BCUT2D eigenvalue weighted by atomic mass is 35.5. The van der Waals surface area contributed by atoms with E-state index >= 15 is 0 Å². The van der Waals surface area contributed by atoms with Gasteiger partial charge in [-0.1, -0.05) is 35.3 Å². The summed E-state index contributed by atoms with van der Waals surface area (Å²) in [6.45, 7) is 0.254. The summed E-state index contributed by atoms with van der Waals surface area (Å²) in [5.74, 6) is -0.328. The molecule has 0 saturated heterocycles. The highest BCUT2D eigenvalue weighted by Crippen LogP contribution is 2.36. The Morgan fingerprint density at radius 3 is 2.52 bits per heavy atom. The van der Waals surface area contributed by atoms with Gasteiger partial charge in [0.25, 0.3) is 0 Å². The summed E-state index contributed by atoms with van der Waals surface area (Å²) in [5, 5.41) is 5.57. The lowest BCUT2D eigenvalue weighted by atomic mass is 10.1. The Hall–Kier alpha value is -1.92. The molecule has 0 spiro atoms. The minimum absolute atomic E-state index is 0.144. The maximum Gasteiger partial charge on any atom is 0.417 e. The largest absolute Gasteiger partial charge is 0.417 e. The molecule has 0 aliphatic rings. The van der Waals surface area contributed by atoms with Gasteiger partial charge in [0.05, 0.1) is 17.1 Å². The van der Waals surface area contributed by atoms with Gasteiger partial charge in [-0.15, -0.1) is 0 Å². The SMILES string of the molecule is O=C(CNc1ccc(Cl)c(C(F)(F)F)c1)NCCc1cccc(Cl)c1. The Morgan fingerprint density at radius 2 is 1.84 bits per heavy atom. The lowest BCUT2D eigenvalue weighted by Gasteiger charge is -2.12. The summed E-state index contributed by atoms with van der Waals surface area (Å²) in [5.41, 5.74) is 0.204. The maximum absolute atomic E-state index is 12.8. The Balaban J connectivity index is 1.82. The quantitative estimate of drug-likeness (QED) is 0.744. The van der Waals surface area contributed by atoms with Gasteiger partial charge in [0.15, 0.2) is 0 Å². The van der Waals surface area contributed by atoms with Crippen LogP contribution in [-0.4, -0.2) is 19.0 Å². The average Bonchev–Trinajstić information content (AvgIpc) is 2.53. The molecule has 0 aromatic heterocycles. The minimum atomic E-state index is -4.55. The number of amides is 1. The summed E-state index contributed by atoms with van der Waals surface area (Å²) in [7, 11) is 0. The summed E-state index contributed by atoms with van der Waals surface area (Å²) in [6.07, 6.45) is -3.94. The summed E-state index contributed by atoms with van der Waals surface area (Å²) >= 11 is 11.4. The second-order valence-corrected chi connectivity index (χ2v) is 6.12. The number of anilines is 1. The first-order valence-electron chi connectivity index (χ1n) is 7.37. The van der Waals surface area contributed by atoms with Crippen LogP contribution < -0.4 is 10.6 Å². The fourth-order valence-corrected chi connectivity index (χ4v) is 2.57. The molecule has 25 heavy (non-hydrogen) atoms. The normalized spacial score (nSPS) is 11.2. The van der Waals surface area contributed by atoms with Crippen molar-refractivity contribution < 1.29 is 18.0 Å². The highest BCUT2D eigenvalue weighted by Gasteiger charge is 2.33. The third-order valence-electron chi connectivity index (χ3n) is 3.35. The van der Waals surface area contributed by atoms with Gasteiger partial charge in [0.2, 0.25) is 5.91 Å². The lowest BCUT2D eigenvalue weighted by Crippen LogP contribution is -2.31. The van der Waals surface area contributed by atoms with Crippen LogP contribution in [0.3, 0.4) is 0 Å². The Kier molecular flexibility index (Phi) is 6.56. The number of carbonyl (C=O) groups is 1. The van der Waals surface area contributed by atoms with Gasteiger partial charge in [0.1, 0.15) is 0 Å². The van der Waals surface area contributed by atoms with Crippen molar-refractivity contribution in [3.8, 4) is 0 Å². The number of hydrogen-bond donors (Lipinski definition) is 2. The van der Waals surface area contributed by atoms with Crippen molar-refractivity contribution in [1.29, 1.82) is 0 Å². The second-order valence-electron chi connectivity index (χ2n) is 5.28. The number of halogens is 5. The van der Waals surface area contributed by atoms with Gasteiger partial charge in [-0.2, -0.15) is 13.2 Å². The maximum atomic E-state index is 12.8. The van der Waals surface area contributed by atoms with Gasteiger partial charge in [0, 0.05) is 17.3 Å². The summed E-state index contributed by atoms with van der Waals surface area (Å²) in [6, 6.07) is 10.7. The Labute approximate surface area is 153 Å². The van der Waals surface area contributed by atoms with Crippen molar-refractivity contribution in [2.24, 2.45) is 0 Å². The monoisotopic (exact) mass is 390 g/mol. The molecule has 0 radical (unpaired) electrons. The first-order valence-corrected chi connectivity index (χ1v) is 8.13. The zero-order valence-corrected chi connectivity index (χ0v) is 14.5. The van der Waals surface area contributed by atoms with Crippen LogP contribution in [0.5, 0.6) is 0 Å².